The van der Waals surface area contributed by atoms with Gasteiger partial charge in [-0.15, -0.1) is 0 Å². The lowest BCUT2D eigenvalue weighted by atomic mass is 10.1. The standard InChI is InChI=1S/C24H22F3N3O3/c1-33-23(32)18-6-2-15(3-7-18)12-29-22(31)20-13-28-21(17-8-9-17)30(20)14-16-4-10-19(11-5-16)24(25,26)27/h2-7,10-11,13,17H,8-9,12,14H2,1H3,(H,29,31). The maximum Gasteiger partial charge on any atom is 0.416 e. The molecule has 1 saturated carbocycles. The Labute approximate surface area is 188 Å². The third kappa shape index (κ3) is 5.24. The minimum Gasteiger partial charge on any atom is -0.465 e. The Hall–Kier alpha value is -3.62. The van der Waals surface area contributed by atoms with Gasteiger partial charge in [0.1, 0.15) is 11.5 Å². The van der Waals surface area contributed by atoms with Gasteiger partial charge in [0.25, 0.3) is 5.91 Å². The molecule has 1 heterocycles. The average molecular weight is 457 g/mol. The summed E-state index contributed by atoms with van der Waals surface area (Å²) in [4.78, 5) is 28.9. The number of alkyl halides is 3. The Kier molecular flexibility index (Phi) is 6.22. The molecular weight excluding hydrogens is 435 g/mol. The van der Waals surface area contributed by atoms with Crippen molar-refractivity contribution in [3.8, 4) is 0 Å². The third-order valence-electron chi connectivity index (χ3n) is 5.51. The van der Waals surface area contributed by atoms with Crippen molar-refractivity contribution in [3.63, 3.8) is 0 Å². The number of nitrogens with one attached hydrogen (secondary N) is 1. The lowest BCUT2D eigenvalue weighted by Gasteiger charge is -2.13. The van der Waals surface area contributed by atoms with Gasteiger partial charge in [-0.3, -0.25) is 4.79 Å². The molecule has 1 aliphatic carbocycles. The molecule has 3 aromatic rings. The molecule has 9 heteroatoms. The summed E-state index contributed by atoms with van der Waals surface area (Å²) in [7, 11) is 1.31. The second kappa shape index (κ2) is 9.09. The lowest BCUT2D eigenvalue weighted by molar-refractivity contribution is -0.137. The van der Waals surface area contributed by atoms with Crippen molar-refractivity contribution in [2.45, 2.75) is 38.0 Å². The van der Waals surface area contributed by atoms with E-state index in [1.807, 2.05) is 0 Å². The number of esters is 1. The molecule has 6 nitrogen and oxygen atoms in total. The minimum atomic E-state index is -4.40. The number of nitrogens with zero attached hydrogens (tertiary/aromatic N) is 2. The molecule has 33 heavy (non-hydrogen) atoms. The van der Waals surface area contributed by atoms with Crippen molar-refractivity contribution in [2.24, 2.45) is 0 Å². The summed E-state index contributed by atoms with van der Waals surface area (Å²) in [5.74, 6) is 0.248. The summed E-state index contributed by atoms with van der Waals surface area (Å²) < 4.78 is 45.0. The maximum absolute atomic E-state index is 12.9. The van der Waals surface area contributed by atoms with Gasteiger partial charge in [0.05, 0.1) is 24.4 Å². The summed E-state index contributed by atoms with van der Waals surface area (Å²) in [5, 5.41) is 2.84. The van der Waals surface area contributed by atoms with Gasteiger partial charge < -0.3 is 14.6 Å². The van der Waals surface area contributed by atoms with Crippen LogP contribution in [0.5, 0.6) is 0 Å². The normalized spacial score (nSPS) is 13.6. The Morgan fingerprint density at radius 3 is 2.27 bits per heavy atom. The van der Waals surface area contributed by atoms with E-state index in [1.54, 1.807) is 28.8 Å². The number of rotatable bonds is 7. The highest BCUT2D eigenvalue weighted by Gasteiger charge is 2.32. The van der Waals surface area contributed by atoms with Crippen LogP contribution >= 0.6 is 0 Å². The summed E-state index contributed by atoms with van der Waals surface area (Å²) in [5.41, 5.74) is 1.50. The molecule has 1 N–H and O–H groups in total. The lowest BCUT2D eigenvalue weighted by Crippen LogP contribution is -2.26. The predicted octanol–water partition coefficient (Wildman–Crippen LogP) is 4.54. The number of carbonyl (C=O) groups excluding carboxylic acids is 2. The van der Waals surface area contributed by atoms with Gasteiger partial charge in [0.15, 0.2) is 0 Å². The van der Waals surface area contributed by atoms with Gasteiger partial charge in [-0.25, -0.2) is 9.78 Å². The van der Waals surface area contributed by atoms with Crippen LogP contribution in [-0.2, 0) is 24.0 Å². The van der Waals surface area contributed by atoms with E-state index in [4.69, 9.17) is 0 Å². The highest BCUT2D eigenvalue weighted by Crippen LogP contribution is 2.40. The van der Waals surface area contributed by atoms with E-state index in [2.05, 4.69) is 15.0 Å². The molecule has 0 aliphatic heterocycles. The van der Waals surface area contributed by atoms with Crippen molar-refractivity contribution >= 4 is 11.9 Å². The van der Waals surface area contributed by atoms with Crippen LogP contribution < -0.4 is 5.32 Å². The zero-order valence-corrected chi connectivity index (χ0v) is 17.9. The van der Waals surface area contributed by atoms with Gasteiger partial charge in [-0.2, -0.15) is 13.2 Å². The molecule has 4 rings (SSSR count). The summed E-state index contributed by atoms with van der Waals surface area (Å²) >= 11 is 0. The predicted molar refractivity (Wildman–Crippen MR) is 114 cm³/mol. The van der Waals surface area contributed by atoms with Crippen LogP contribution in [0.3, 0.4) is 0 Å². The summed E-state index contributed by atoms with van der Waals surface area (Å²) in [6, 6.07) is 11.6. The smallest absolute Gasteiger partial charge is 0.416 e. The van der Waals surface area contributed by atoms with Crippen LogP contribution in [0.15, 0.2) is 54.7 Å². The Balaban J connectivity index is 1.48. The molecule has 1 aromatic heterocycles. The second-order valence-electron chi connectivity index (χ2n) is 7.93. The first-order chi connectivity index (χ1) is 15.8. The Morgan fingerprint density at radius 1 is 1.06 bits per heavy atom. The highest BCUT2D eigenvalue weighted by atomic mass is 19.4. The van der Waals surface area contributed by atoms with E-state index in [0.717, 1.165) is 36.4 Å². The topological polar surface area (TPSA) is 73.2 Å². The zero-order valence-electron chi connectivity index (χ0n) is 17.9. The molecule has 1 fully saturated rings. The Bertz CT molecular complexity index is 1150. The van der Waals surface area contributed by atoms with Crippen LogP contribution in [-0.4, -0.2) is 28.5 Å². The van der Waals surface area contributed by atoms with Gasteiger partial charge in [0.2, 0.25) is 0 Å². The fourth-order valence-corrected chi connectivity index (χ4v) is 3.54. The van der Waals surface area contributed by atoms with Gasteiger partial charge in [0, 0.05) is 19.0 Å². The molecule has 0 radical (unpaired) electrons. The Morgan fingerprint density at radius 2 is 1.70 bits per heavy atom. The van der Waals surface area contributed by atoms with Gasteiger partial charge >= 0.3 is 12.1 Å². The third-order valence-corrected chi connectivity index (χ3v) is 5.51. The summed E-state index contributed by atoms with van der Waals surface area (Å²) in [6.07, 6.45) is -0.949. The molecular formula is C24H22F3N3O3. The molecule has 0 saturated heterocycles. The number of aromatic nitrogens is 2. The number of carbonyl (C=O) groups is 2. The highest BCUT2D eigenvalue weighted by molar-refractivity contribution is 5.92. The largest absolute Gasteiger partial charge is 0.465 e. The molecule has 1 aliphatic rings. The van der Waals surface area contributed by atoms with E-state index in [0.29, 0.717) is 16.8 Å². The zero-order chi connectivity index (χ0) is 23.6. The molecule has 0 bridgehead atoms. The SMILES string of the molecule is COC(=O)c1ccc(CNC(=O)c2cnc(C3CC3)n2Cc2ccc(C(F)(F)F)cc2)cc1. The van der Waals surface area contributed by atoms with Crippen molar-refractivity contribution in [1.82, 2.24) is 14.9 Å². The molecule has 172 valence electrons. The fourth-order valence-electron chi connectivity index (χ4n) is 3.54. The van der Waals surface area contributed by atoms with Crippen molar-refractivity contribution < 1.29 is 27.5 Å². The molecule has 2 aromatic carbocycles. The van der Waals surface area contributed by atoms with Crippen molar-refractivity contribution in [3.05, 3.63) is 88.5 Å². The number of halogens is 3. The maximum atomic E-state index is 12.9. The molecule has 0 spiro atoms. The van der Waals surface area contributed by atoms with Crippen LogP contribution in [0.2, 0.25) is 0 Å². The van der Waals surface area contributed by atoms with Crippen molar-refractivity contribution in [2.75, 3.05) is 7.11 Å². The van der Waals surface area contributed by atoms with E-state index in [1.165, 1.54) is 25.4 Å². The first-order valence-electron chi connectivity index (χ1n) is 10.4. The monoisotopic (exact) mass is 457 g/mol. The van der Waals surface area contributed by atoms with Gasteiger partial charge in [-0.1, -0.05) is 24.3 Å². The summed E-state index contributed by atoms with van der Waals surface area (Å²) in [6.45, 7) is 0.491. The minimum absolute atomic E-state index is 0.241. The molecule has 0 unspecified atom stereocenters. The van der Waals surface area contributed by atoms with Crippen LogP contribution in [0.25, 0.3) is 0 Å². The number of ether oxygens (including phenoxy) is 1. The molecule has 0 atom stereocenters. The number of benzene rings is 2. The van der Waals surface area contributed by atoms with E-state index < -0.39 is 17.7 Å². The first-order valence-corrected chi connectivity index (χ1v) is 10.4. The molecule has 1 amide bonds. The quantitative estimate of drug-likeness (QED) is 0.529. The van der Waals surface area contributed by atoms with Crippen molar-refractivity contribution in [1.29, 1.82) is 0 Å². The van der Waals surface area contributed by atoms with E-state index in [-0.39, 0.29) is 24.9 Å². The first kappa shape index (κ1) is 22.6. The van der Waals surface area contributed by atoms with Crippen LogP contribution in [0, 0.1) is 0 Å². The fraction of sp³-hybridized carbons (Fsp3) is 0.292. The second-order valence-corrected chi connectivity index (χ2v) is 7.93. The van der Waals surface area contributed by atoms with E-state index >= 15 is 0 Å². The number of hydrogen-bond acceptors (Lipinski definition) is 4. The van der Waals surface area contributed by atoms with Crippen LogP contribution in [0.1, 0.15) is 62.1 Å². The van der Waals surface area contributed by atoms with Crippen LogP contribution in [0.4, 0.5) is 13.2 Å². The number of amides is 1. The van der Waals surface area contributed by atoms with Gasteiger partial charge in [-0.05, 0) is 48.2 Å². The van der Waals surface area contributed by atoms with E-state index in [9.17, 15) is 22.8 Å². The number of imidazole rings is 1. The number of hydrogen-bond donors (Lipinski definition) is 1. The average Bonchev–Trinajstić information content (AvgIpc) is 3.57. The number of methoxy groups -OCH3 is 1.